The fraction of sp³-hybridized carbons (Fsp3) is 0.909. The minimum Gasteiger partial charge on any atom is -0.481 e. The summed E-state index contributed by atoms with van der Waals surface area (Å²) in [5.41, 5.74) is 5.03. The first-order chi connectivity index (χ1) is 9.04. The molecule has 0 aliphatic carbocycles. The number of ether oxygens (including phenoxy) is 3. The van der Waals surface area contributed by atoms with E-state index < -0.39 is 12.2 Å². The maximum Gasteiger partial charge on any atom is 0.303 e. The molecule has 0 amide bonds. The van der Waals surface area contributed by atoms with E-state index in [1.165, 1.54) is 0 Å². The molecule has 8 nitrogen and oxygen atoms in total. The quantitative estimate of drug-likeness (QED) is 0.274. The molecule has 0 heterocycles. The maximum absolute atomic E-state index is 9.37. The van der Waals surface area contributed by atoms with Gasteiger partial charge in [-0.05, 0) is 0 Å². The number of hydrogen-bond donors (Lipinski definition) is 4. The molecular formula is C11H25NO7. The van der Waals surface area contributed by atoms with Crippen LogP contribution in [0.25, 0.3) is 0 Å². The third-order valence-corrected chi connectivity index (χ3v) is 1.57. The highest BCUT2D eigenvalue weighted by Crippen LogP contribution is 1.81. The number of hydrogen-bond acceptors (Lipinski definition) is 7. The summed E-state index contributed by atoms with van der Waals surface area (Å²) in [6.45, 7) is 3.83. The van der Waals surface area contributed by atoms with Crippen molar-refractivity contribution in [1.29, 1.82) is 0 Å². The smallest absolute Gasteiger partial charge is 0.303 e. The molecule has 0 saturated heterocycles. The van der Waals surface area contributed by atoms with Crippen LogP contribution in [0.1, 0.15) is 13.3 Å². The summed E-state index contributed by atoms with van der Waals surface area (Å²) in [4.78, 5) is 9.37. The van der Waals surface area contributed by atoms with E-state index in [0.29, 0.717) is 33.0 Å². The van der Waals surface area contributed by atoms with E-state index in [1.54, 1.807) is 6.92 Å². The van der Waals surface area contributed by atoms with E-state index in [-0.39, 0.29) is 19.6 Å². The summed E-state index contributed by atoms with van der Waals surface area (Å²) in [6.07, 6.45) is -0.706. The lowest BCUT2D eigenvalue weighted by molar-refractivity contribution is -0.136. The lowest BCUT2D eigenvalue weighted by Crippen LogP contribution is -2.26. The minimum absolute atomic E-state index is 0.0253. The summed E-state index contributed by atoms with van der Waals surface area (Å²) in [5, 5.41) is 24.7. The van der Waals surface area contributed by atoms with Crippen LogP contribution in [0, 0.1) is 0 Å². The molecule has 19 heavy (non-hydrogen) atoms. The average Bonchev–Trinajstić information content (AvgIpc) is 2.37. The number of rotatable bonds is 11. The van der Waals surface area contributed by atoms with Gasteiger partial charge in [0.05, 0.1) is 46.2 Å². The number of aliphatic hydroxyl groups excluding tert-OH is 2. The van der Waals surface area contributed by atoms with Crippen molar-refractivity contribution < 1.29 is 34.3 Å². The Kier molecular flexibility index (Phi) is 18.6. The van der Waals surface area contributed by atoms with Crippen molar-refractivity contribution in [2.45, 2.75) is 19.6 Å². The molecule has 1 unspecified atom stereocenters. The Morgan fingerprint density at radius 1 is 1.11 bits per heavy atom. The van der Waals surface area contributed by atoms with Crippen molar-refractivity contribution >= 4 is 5.97 Å². The van der Waals surface area contributed by atoms with E-state index in [4.69, 9.17) is 35.3 Å². The molecule has 8 heteroatoms. The van der Waals surface area contributed by atoms with E-state index in [2.05, 4.69) is 0 Å². The third-order valence-electron chi connectivity index (χ3n) is 1.57. The molecule has 0 fully saturated rings. The zero-order valence-corrected chi connectivity index (χ0v) is 11.3. The van der Waals surface area contributed by atoms with Crippen LogP contribution in [0.5, 0.6) is 0 Å². The Morgan fingerprint density at radius 3 is 1.89 bits per heavy atom. The summed E-state index contributed by atoms with van der Waals surface area (Å²) >= 11 is 0. The fourth-order valence-electron chi connectivity index (χ4n) is 0.708. The molecule has 0 spiro atoms. The van der Waals surface area contributed by atoms with E-state index in [9.17, 15) is 4.79 Å². The molecular weight excluding hydrogens is 258 g/mol. The van der Waals surface area contributed by atoms with Crippen LogP contribution < -0.4 is 5.73 Å². The van der Waals surface area contributed by atoms with Crippen molar-refractivity contribution in [3.63, 3.8) is 0 Å². The van der Waals surface area contributed by atoms with Gasteiger partial charge in [-0.25, -0.2) is 0 Å². The topological polar surface area (TPSA) is 131 Å². The van der Waals surface area contributed by atoms with Crippen LogP contribution >= 0.6 is 0 Å². The second kappa shape index (κ2) is 17.2. The number of carbonyl (C=O) groups is 1. The van der Waals surface area contributed by atoms with Crippen LogP contribution in [0.2, 0.25) is 0 Å². The second-order valence-corrected chi connectivity index (χ2v) is 3.34. The van der Waals surface area contributed by atoms with Gasteiger partial charge in [0.25, 0.3) is 0 Å². The first-order valence-electron chi connectivity index (χ1n) is 6.04. The monoisotopic (exact) mass is 283 g/mol. The van der Waals surface area contributed by atoms with Gasteiger partial charge in [0.1, 0.15) is 6.23 Å². The Bertz CT molecular complexity index is 190. The maximum atomic E-state index is 9.37. The highest BCUT2D eigenvalue weighted by atomic mass is 16.5. The van der Waals surface area contributed by atoms with E-state index >= 15 is 0 Å². The fourth-order valence-corrected chi connectivity index (χ4v) is 0.708. The Labute approximate surface area is 113 Å². The zero-order chi connectivity index (χ0) is 14.9. The van der Waals surface area contributed by atoms with Gasteiger partial charge in [0, 0.05) is 6.42 Å². The molecule has 0 saturated carbocycles. The predicted molar refractivity (Wildman–Crippen MR) is 67.7 cm³/mol. The van der Waals surface area contributed by atoms with Gasteiger partial charge in [-0.3, -0.25) is 4.79 Å². The summed E-state index contributed by atoms with van der Waals surface area (Å²) in [6, 6.07) is 0. The first-order valence-corrected chi connectivity index (χ1v) is 6.04. The number of aliphatic carboxylic acids is 1. The largest absolute Gasteiger partial charge is 0.481 e. The van der Waals surface area contributed by atoms with Crippen molar-refractivity contribution in [2.75, 3.05) is 46.2 Å². The summed E-state index contributed by atoms with van der Waals surface area (Å²) in [7, 11) is 0. The van der Waals surface area contributed by atoms with E-state index in [0.717, 1.165) is 0 Å². The van der Waals surface area contributed by atoms with Crippen molar-refractivity contribution in [3.8, 4) is 0 Å². The second-order valence-electron chi connectivity index (χ2n) is 3.34. The number of carboxylic acid groups (broad SMARTS) is 1. The lowest BCUT2D eigenvalue weighted by Gasteiger charge is -2.07. The standard InChI is InChI=1S/C8H19NO5.C3H6O2/c9-8(11)7-14-6-5-13-4-3-12-2-1-10;1-2-3(4)5/h8,10-11H,1-7,9H2;2H2,1H3,(H,4,5). The van der Waals surface area contributed by atoms with Crippen LogP contribution in [-0.2, 0) is 19.0 Å². The summed E-state index contributed by atoms with van der Waals surface area (Å²) in [5.74, 6) is -0.745. The van der Waals surface area contributed by atoms with Gasteiger partial charge in [-0.2, -0.15) is 0 Å². The van der Waals surface area contributed by atoms with Crippen molar-refractivity contribution in [1.82, 2.24) is 0 Å². The van der Waals surface area contributed by atoms with Gasteiger partial charge in [-0.15, -0.1) is 0 Å². The molecule has 0 aromatic rings. The molecule has 5 N–H and O–H groups in total. The normalized spacial score (nSPS) is 11.6. The minimum atomic E-state index is -0.928. The SMILES string of the molecule is CCC(=O)O.NC(O)COCCOCCOCCO. The Morgan fingerprint density at radius 2 is 1.53 bits per heavy atom. The van der Waals surface area contributed by atoms with Crippen LogP contribution in [-0.4, -0.2) is 73.8 Å². The highest BCUT2D eigenvalue weighted by molar-refractivity contribution is 5.66. The third kappa shape index (κ3) is 26.7. The highest BCUT2D eigenvalue weighted by Gasteiger charge is 1.95. The number of nitrogens with two attached hydrogens (primary N) is 1. The number of aliphatic hydroxyl groups is 2. The van der Waals surface area contributed by atoms with Crippen LogP contribution in [0.3, 0.4) is 0 Å². The first kappa shape index (κ1) is 20.5. The average molecular weight is 283 g/mol. The van der Waals surface area contributed by atoms with Gasteiger partial charge < -0.3 is 35.3 Å². The predicted octanol–water partition coefficient (Wildman–Crippen LogP) is -1.21. The molecule has 0 rings (SSSR count). The Balaban J connectivity index is 0. The molecule has 0 aromatic heterocycles. The Hall–Kier alpha value is -0.770. The molecule has 0 radical (unpaired) electrons. The van der Waals surface area contributed by atoms with Gasteiger partial charge >= 0.3 is 5.97 Å². The molecule has 0 aliphatic rings. The molecule has 1 atom stereocenters. The molecule has 116 valence electrons. The van der Waals surface area contributed by atoms with Crippen LogP contribution in [0.15, 0.2) is 0 Å². The molecule has 0 aliphatic heterocycles. The van der Waals surface area contributed by atoms with Crippen molar-refractivity contribution in [3.05, 3.63) is 0 Å². The van der Waals surface area contributed by atoms with E-state index in [1.807, 2.05) is 0 Å². The molecule has 0 bridgehead atoms. The van der Waals surface area contributed by atoms with Crippen molar-refractivity contribution in [2.24, 2.45) is 5.73 Å². The van der Waals surface area contributed by atoms with Crippen LogP contribution in [0.4, 0.5) is 0 Å². The van der Waals surface area contributed by atoms with Gasteiger partial charge in [-0.1, -0.05) is 6.92 Å². The number of carboxylic acids is 1. The van der Waals surface area contributed by atoms with Gasteiger partial charge in [0.15, 0.2) is 0 Å². The zero-order valence-electron chi connectivity index (χ0n) is 11.3. The lowest BCUT2D eigenvalue weighted by atomic mass is 10.5. The van der Waals surface area contributed by atoms with Gasteiger partial charge in [0.2, 0.25) is 0 Å². The molecule has 0 aromatic carbocycles. The summed E-state index contributed by atoms with van der Waals surface area (Å²) < 4.78 is 15.0.